The molecule has 2 unspecified atom stereocenters. The van der Waals surface area contributed by atoms with E-state index in [0.29, 0.717) is 27.6 Å². The number of hydrogen-bond acceptors (Lipinski definition) is 8. The van der Waals surface area contributed by atoms with Gasteiger partial charge >= 0.3 is 11.9 Å². The van der Waals surface area contributed by atoms with Crippen LogP contribution in [0, 0.1) is 5.92 Å². The molecule has 1 aliphatic carbocycles. The third-order valence-corrected chi connectivity index (χ3v) is 6.88. The van der Waals surface area contributed by atoms with E-state index >= 15 is 0 Å². The van der Waals surface area contributed by atoms with Crippen LogP contribution >= 0.6 is 11.3 Å². The minimum absolute atomic E-state index is 0.248. The lowest BCUT2D eigenvalue weighted by atomic mass is 9.88. The maximum Gasteiger partial charge on any atom is 0.341 e. The van der Waals surface area contributed by atoms with E-state index in [0.717, 1.165) is 29.7 Å². The van der Waals surface area contributed by atoms with Gasteiger partial charge in [0.1, 0.15) is 10.5 Å². The molecule has 0 radical (unpaired) electrons. The molecular formula is C24H26N2O6S. The molecule has 174 valence electrons. The number of carbonyl (C=O) groups is 3. The molecule has 33 heavy (non-hydrogen) atoms. The number of aromatic nitrogens is 1. The molecule has 1 amide bonds. The van der Waals surface area contributed by atoms with E-state index in [1.54, 1.807) is 26.0 Å². The highest BCUT2D eigenvalue weighted by Crippen LogP contribution is 2.40. The number of nitrogens with one attached hydrogen (secondary N) is 1. The van der Waals surface area contributed by atoms with Gasteiger partial charge in [0.2, 0.25) is 0 Å². The molecule has 0 bridgehead atoms. The zero-order valence-electron chi connectivity index (χ0n) is 18.8. The number of hydrogen-bond donors (Lipinski definition) is 1. The van der Waals surface area contributed by atoms with Crippen LogP contribution in [-0.2, 0) is 27.1 Å². The summed E-state index contributed by atoms with van der Waals surface area (Å²) in [5.74, 6) is -1.05. The van der Waals surface area contributed by atoms with Crippen LogP contribution in [0.3, 0.4) is 0 Å². The molecule has 9 heteroatoms. The number of rotatable bonds is 7. The number of anilines is 1. The molecule has 0 fully saturated rings. The molecule has 1 aliphatic rings. The summed E-state index contributed by atoms with van der Waals surface area (Å²) >= 11 is 1.40. The minimum Gasteiger partial charge on any atom is -0.462 e. The quantitative estimate of drug-likeness (QED) is 0.496. The van der Waals surface area contributed by atoms with Gasteiger partial charge in [-0.2, -0.15) is 0 Å². The van der Waals surface area contributed by atoms with Crippen LogP contribution < -0.4 is 5.32 Å². The van der Waals surface area contributed by atoms with E-state index in [9.17, 15) is 14.4 Å². The molecule has 0 saturated heterocycles. The molecule has 0 saturated carbocycles. The SMILES string of the molecule is CCOC(=O)c1c(NC(=O)C(CC)OC(=O)c2ccc3ncoc3c2)sc2c1CCC(C)C2. The smallest absolute Gasteiger partial charge is 0.341 e. The number of fused-ring (bicyclic) bond motifs is 2. The number of carbonyl (C=O) groups excluding carboxylic acids is 3. The Kier molecular flexibility index (Phi) is 6.78. The Labute approximate surface area is 195 Å². The van der Waals surface area contributed by atoms with Gasteiger partial charge in [0.05, 0.1) is 17.7 Å². The number of esters is 2. The number of nitrogens with zero attached hydrogens (tertiary/aromatic N) is 1. The van der Waals surface area contributed by atoms with Crippen molar-refractivity contribution < 1.29 is 28.3 Å². The Morgan fingerprint density at radius 3 is 2.85 bits per heavy atom. The highest BCUT2D eigenvalue weighted by molar-refractivity contribution is 7.17. The Balaban J connectivity index is 1.53. The maximum atomic E-state index is 13.0. The first kappa shape index (κ1) is 23.0. The summed E-state index contributed by atoms with van der Waals surface area (Å²) < 4.78 is 16.0. The number of thiophene rings is 1. The van der Waals surface area contributed by atoms with Crippen LogP contribution in [0.5, 0.6) is 0 Å². The van der Waals surface area contributed by atoms with Crippen LogP contribution in [0.1, 0.15) is 64.8 Å². The van der Waals surface area contributed by atoms with Gasteiger partial charge in [0.15, 0.2) is 18.1 Å². The monoisotopic (exact) mass is 470 g/mol. The predicted molar refractivity (Wildman–Crippen MR) is 124 cm³/mol. The van der Waals surface area contributed by atoms with Crippen molar-refractivity contribution in [2.24, 2.45) is 5.92 Å². The molecular weight excluding hydrogens is 444 g/mol. The molecule has 3 aromatic rings. The third-order valence-electron chi connectivity index (χ3n) is 5.71. The molecule has 0 aliphatic heterocycles. The second-order valence-corrected chi connectivity index (χ2v) is 9.21. The van der Waals surface area contributed by atoms with Gasteiger partial charge in [-0.3, -0.25) is 4.79 Å². The molecule has 2 aromatic heterocycles. The first-order valence-electron chi connectivity index (χ1n) is 11.1. The Morgan fingerprint density at radius 2 is 2.09 bits per heavy atom. The third kappa shape index (κ3) is 4.78. The second-order valence-electron chi connectivity index (χ2n) is 8.10. The second kappa shape index (κ2) is 9.74. The predicted octanol–water partition coefficient (Wildman–Crippen LogP) is 4.76. The van der Waals surface area contributed by atoms with Crippen molar-refractivity contribution in [1.29, 1.82) is 0 Å². The van der Waals surface area contributed by atoms with E-state index < -0.39 is 23.9 Å². The first-order chi connectivity index (χ1) is 15.9. The largest absolute Gasteiger partial charge is 0.462 e. The fourth-order valence-electron chi connectivity index (χ4n) is 3.95. The molecule has 2 heterocycles. The van der Waals surface area contributed by atoms with Gasteiger partial charge in [-0.15, -0.1) is 11.3 Å². The summed E-state index contributed by atoms with van der Waals surface area (Å²) in [7, 11) is 0. The summed E-state index contributed by atoms with van der Waals surface area (Å²) in [4.78, 5) is 43.5. The van der Waals surface area contributed by atoms with Gasteiger partial charge in [0, 0.05) is 4.88 Å². The van der Waals surface area contributed by atoms with Crippen molar-refractivity contribution in [3.63, 3.8) is 0 Å². The highest BCUT2D eigenvalue weighted by Gasteiger charge is 2.31. The molecule has 0 spiro atoms. The minimum atomic E-state index is -1.02. The Hall–Kier alpha value is -3.20. The van der Waals surface area contributed by atoms with Gasteiger partial charge in [-0.1, -0.05) is 13.8 Å². The van der Waals surface area contributed by atoms with Gasteiger partial charge < -0.3 is 19.2 Å². The van der Waals surface area contributed by atoms with E-state index in [4.69, 9.17) is 13.9 Å². The van der Waals surface area contributed by atoms with E-state index in [1.165, 1.54) is 23.8 Å². The number of oxazole rings is 1. The van der Waals surface area contributed by atoms with Gasteiger partial charge in [0.25, 0.3) is 5.91 Å². The van der Waals surface area contributed by atoms with Crippen molar-refractivity contribution in [3.05, 3.63) is 46.2 Å². The zero-order chi connectivity index (χ0) is 23.5. The highest BCUT2D eigenvalue weighted by atomic mass is 32.1. The zero-order valence-corrected chi connectivity index (χ0v) is 19.6. The first-order valence-corrected chi connectivity index (χ1v) is 11.9. The fraction of sp³-hybridized carbons (Fsp3) is 0.417. The molecule has 4 rings (SSSR count). The number of amides is 1. The Bertz CT molecular complexity index is 1200. The standard InChI is InChI=1S/C24H26N2O6S/c1-4-17(32-23(28)14-7-9-16-18(11-14)31-12-25-16)21(27)26-22-20(24(29)30-5-2)15-8-6-13(3)10-19(15)33-22/h7,9,11-13,17H,4-6,8,10H2,1-3H3,(H,26,27). The fourth-order valence-corrected chi connectivity index (χ4v) is 5.35. The summed E-state index contributed by atoms with van der Waals surface area (Å²) in [6, 6.07) is 4.76. The van der Waals surface area contributed by atoms with E-state index in [1.807, 2.05) is 0 Å². The average molecular weight is 471 g/mol. The summed E-state index contributed by atoms with van der Waals surface area (Å²) in [5.41, 5.74) is 2.72. The van der Waals surface area contributed by atoms with Crippen LogP contribution in [-0.4, -0.2) is 35.5 Å². The lowest BCUT2D eigenvalue weighted by Gasteiger charge is -2.18. The summed E-state index contributed by atoms with van der Waals surface area (Å²) in [5, 5.41) is 3.28. The van der Waals surface area contributed by atoms with Crippen LogP contribution in [0.4, 0.5) is 5.00 Å². The average Bonchev–Trinajstić information content (AvgIpc) is 3.40. The number of benzene rings is 1. The van der Waals surface area contributed by atoms with Gasteiger partial charge in [-0.05, 0) is 62.3 Å². The summed E-state index contributed by atoms with van der Waals surface area (Å²) in [6.07, 6.45) is 3.17. The normalized spacial score (nSPS) is 16.2. The Morgan fingerprint density at radius 1 is 1.27 bits per heavy atom. The van der Waals surface area contributed by atoms with Crippen molar-refractivity contribution >= 4 is 45.3 Å². The van der Waals surface area contributed by atoms with Crippen molar-refractivity contribution in [2.45, 2.75) is 52.6 Å². The van der Waals surface area contributed by atoms with Crippen LogP contribution in [0.25, 0.3) is 11.1 Å². The molecule has 1 N–H and O–H groups in total. The van der Waals surface area contributed by atoms with E-state index in [2.05, 4.69) is 17.2 Å². The van der Waals surface area contributed by atoms with Gasteiger partial charge in [-0.25, -0.2) is 14.6 Å². The van der Waals surface area contributed by atoms with E-state index in [-0.39, 0.29) is 18.6 Å². The number of ether oxygens (including phenoxy) is 2. The van der Waals surface area contributed by atoms with Crippen LogP contribution in [0.15, 0.2) is 29.0 Å². The lowest BCUT2D eigenvalue weighted by Crippen LogP contribution is -2.32. The lowest BCUT2D eigenvalue weighted by molar-refractivity contribution is -0.124. The van der Waals surface area contributed by atoms with Crippen LogP contribution in [0.2, 0.25) is 0 Å². The van der Waals surface area contributed by atoms with Crippen molar-refractivity contribution in [1.82, 2.24) is 4.98 Å². The summed E-state index contributed by atoms with van der Waals surface area (Å²) in [6.45, 7) is 5.93. The molecule has 8 nitrogen and oxygen atoms in total. The van der Waals surface area contributed by atoms with Crippen molar-refractivity contribution in [2.75, 3.05) is 11.9 Å². The van der Waals surface area contributed by atoms with Crippen molar-refractivity contribution in [3.8, 4) is 0 Å². The maximum absolute atomic E-state index is 13.0. The topological polar surface area (TPSA) is 108 Å². The molecule has 1 aromatic carbocycles. The molecule has 2 atom stereocenters.